The molecule has 1 unspecified atom stereocenters. The molecule has 20 heavy (non-hydrogen) atoms. The molecular weight excluding hydrogens is 274 g/mol. The first kappa shape index (κ1) is 15.3. The molecule has 2 rings (SSSR count). The molecule has 5 nitrogen and oxygen atoms in total. The van der Waals surface area contributed by atoms with E-state index in [1.165, 1.54) is 6.20 Å². The zero-order valence-electron chi connectivity index (χ0n) is 12.3. The summed E-state index contributed by atoms with van der Waals surface area (Å²) >= 11 is 0. The van der Waals surface area contributed by atoms with E-state index in [2.05, 4.69) is 28.9 Å². The van der Waals surface area contributed by atoms with Crippen LogP contribution in [0.3, 0.4) is 0 Å². The fourth-order valence-electron chi connectivity index (χ4n) is 2.88. The second-order valence-electron chi connectivity index (χ2n) is 6.20. The minimum atomic E-state index is -3.53. The van der Waals surface area contributed by atoms with E-state index in [0.29, 0.717) is 5.69 Å². The number of nitrogens with one attached hydrogen (secondary N) is 2. The van der Waals surface area contributed by atoms with Crippen molar-refractivity contribution in [3.63, 3.8) is 0 Å². The molecule has 6 heteroatoms. The van der Waals surface area contributed by atoms with Crippen LogP contribution in [0.25, 0.3) is 0 Å². The third-order valence-corrected chi connectivity index (χ3v) is 5.42. The average molecular weight is 297 g/mol. The molecule has 1 atom stereocenters. The van der Waals surface area contributed by atoms with Gasteiger partial charge < -0.3 is 5.32 Å². The van der Waals surface area contributed by atoms with E-state index in [4.69, 9.17) is 0 Å². The quantitative estimate of drug-likeness (QED) is 0.895. The van der Waals surface area contributed by atoms with Gasteiger partial charge in [-0.15, -0.1) is 0 Å². The van der Waals surface area contributed by atoms with Crippen LogP contribution in [0.2, 0.25) is 0 Å². The molecule has 1 saturated carbocycles. The van der Waals surface area contributed by atoms with Crippen molar-refractivity contribution < 1.29 is 8.42 Å². The molecule has 1 aromatic rings. The van der Waals surface area contributed by atoms with Crippen LogP contribution in [0.4, 0.5) is 5.69 Å². The van der Waals surface area contributed by atoms with Gasteiger partial charge in [0, 0.05) is 25.5 Å². The molecule has 1 aliphatic carbocycles. The van der Waals surface area contributed by atoms with Crippen LogP contribution in [0, 0.1) is 5.41 Å². The molecule has 2 N–H and O–H groups in total. The van der Waals surface area contributed by atoms with Crippen molar-refractivity contribution in [2.45, 2.75) is 50.5 Å². The average Bonchev–Trinajstić information content (AvgIpc) is 2.37. The zero-order valence-corrected chi connectivity index (χ0v) is 13.1. The monoisotopic (exact) mass is 297 g/mol. The fourth-order valence-corrected chi connectivity index (χ4v) is 4.31. The van der Waals surface area contributed by atoms with Gasteiger partial charge in [-0.25, -0.2) is 13.1 Å². The maximum atomic E-state index is 12.5. The van der Waals surface area contributed by atoms with E-state index < -0.39 is 10.0 Å². The highest BCUT2D eigenvalue weighted by atomic mass is 32.2. The Kier molecular flexibility index (Phi) is 4.34. The topological polar surface area (TPSA) is 71.1 Å². The summed E-state index contributed by atoms with van der Waals surface area (Å²) in [5.41, 5.74) is 0.772. The van der Waals surface area contributed by atoms with Crippen molar-refractivity contribution in [1.29, 1.82) is 0 Å². The second-order valence-corrected chi connectivity index (χ2v) is 7.88. The van der Waals surface area contributed by atoms with Gasteiger partial charge in [0.2, 0.25) is 10.0 Å². The van der Waals surface area contributed by atoms with Gasteiger partial charge in [-0.05, 0) is 30.7 Å². The van der Waals surface area contributed by atoms with E-state index in [9.17, 15) is 8.42 Å². The molecule has 1 heterocycles. The number of pyridine rings is 1. The van der Waals surface area contributed by atoms with Crippen molar-refractivity contribution in [2.75, 3.05) is 12.4 Å². The van der Waals surface area contributed by atoms with Crippen molar-refractivity contribution >= 4 is 15.7 Å². The van der Waals surface area contributed by atoms with Gasteiger partial charge in [0.05, 0.1) is 5.69 Å². The summed E-state index contributed by atoms with van der Waals surface area (Å²) in [4.78, 5) is 4.14. The summed E-state index contributed by atoms with van der Waals surface area (Å²) in [7, 11) is -1.82. The first-order valence-corrected chi connectivity index (χ1v) is 8.46. The van der Waals surface area contributed by atoms with Gasteiger partial charge in [-0.2, -0.15) is 0 Å². The third-order valence-electron chi connectivity index (χ3n) is 3.87. The number of rotatable bonds is 4. The van der Waals surface area contributed by atoms with Crippen molar-refractivity contribution in [3.8, 4) is 0 Å². The summed E-state index contributed by atoms with van der Waals surface area (Å²) in [6, 6.07) is 1.67. The van der Waals surface area contributed by atoms with Gasteiger partial charge in [-0.3, -0.25) is 4.98 Å². The minimum absolute atomic E-state index is 0.00802. The zero-order chi connectivity index (χ0) is 14.8. The lowest BCUT2D eigenvalue weighted by molar-refractivity contribution is 0.212. The van der Waals surface area contributed by atoms with Crippen LogP contribution in [-0.4, -0.2) is 26.5 Å². The van der Waals surface area contributed by atoms with Gasteiger partial charge in [0.1, 0.15) is 4.90 Å². The molecule has 0 bridgehead atoms. The Hall–Kier alpha value is -1.14. The Labute approximate surface area is 121 Å². The maximum absolute atomic E-state index is 12.5. The van der Waals surface area contributed by atoms with Gasteiger partial charge >= 0.3 is 0 Å². The second kappa shape index (κ2) is 5.69. The van der Waals surface area contributed by atoms with E-state index in [0.717, 1.165) is 25.7 Å². The Morgan fingerprint density at radius 3 is 2.80 bits per heavy atom. The summed E-state index contributed by atoms with van der Waals surface area (Å²) in [6.45, 7) is 4.38. The van der Waals surface area contributed by atoms with Crippen LogP contribution < -0.4 is 10.0 Å². The van der Waals surface area contributed by atoms with E-state index in [1.807, 2.05) is 0 Å². The summed E-state index contributed by atoms with van der Waals surface area (Å²) in [5, 5.41) is 2.90. The van der Waals surface area contributed by atoms with Gasteiger partial charge in [0.25, 0.3) is 0 Å². The van der Waals surface area contributed by atoms with Crippen LogP contribution in [0.1, 0.15) is 39.5 Å². The predicted molar refractivity (Wildman–Crippen MR) is 80.1 cm³/mol. The largest absolute Gasteiger partial charge is 0.387 e. The van der Waals surface area contributed by atoms with Crippen LogP contribution in [0.5, 0.6) is 0 Å². The van der Waals surface area contributed by atoms with E-state index >= 15 is 0 Å². The SMILES string of the molecule is CNc1ccncc1S(=O)(=O)NC1CCCC(C)(C)C1. The fraction of sp³-hybridized carbons (Fsp3) is 0.643. The molecule has 0 saturated heterocycles. The Balaban J connectivity index is 2.19. The smallest absolute Gasteiger partial charge is 0.244 e. The molecule has 1 aliphatic rings. The Morgan fingerprint density at radius 2 is 2.15 bits per heavy atom. The molecule has 112 valence electrons. The normalized spacial score (nSPS) is 22.4. The number of hydrogen-bond donors (Lipinski definition) is 2. The predicted octanol–water partition coefficient (Wildman–Crippen LogP) is 2.37. The molecule has 0 amide bonds. The molecule has 0 spiro atoms. The minimum Gasteiger partial charge on any atom is -0.387 e. The summed E-state index contributed by atoms with van der Waals surface area (Å²) in [5.74, 6) is 0. The highest BCUT2D eigenvalue weighted by Gasteiger charge is 2.31. The van der Waals surface area contributed by atoms with Crippen molar-refractivity contribution in [1.82, 2.24) is 9.71 Å². The summed E-state index contributed by atoms with van der Waals surface area (Å²) in [6.07, 6.45) is 6.96. The first-order chi connectivity index (χ1) is 9.34. The molecule has 0 aliphatic heterocycles. The van der Waals surface area contributed by atoms with Crippen LogP contribution in [-0.2, 0) is 10.0 Å². The van der Waals surface area contributed by atoms with Gasteiger partial charge in [-0.1, -0.05) is 20.3 Å². The summed E-state index contributed by atoms with van der Waals surface area (Å²) < 4.78 is 27.8. The number of aromatic nitrogens is 1. The van der Waals surface area contributed by atoms with Crippen molar-refractivity contribution in [3.05, 3.63) is 18.5 Å². The van der Waals surface area contributed by atoms with Gasteiger partial charge in [0.15, 0.2) is 0 Å². The number of hydrogen-bond acceptors (Lipinski definition) is 4. The molecular formula is C14H23N3O2S. The first-order valence-electron chi connectivity index (χ1n) is 6.98. The molecule has 1 aromatic heterocycles. The van der Waals surface area contributed by atoms with Crippen LogP contribution >= 0.6 is 0 Å². The highest BCUT2D eigenvalue weighted by molar-refractivity contribution is 7.89. The molecule has 0 aromatic carbocycles. The van der Waals surface area contributed by atoms with E-state index in [1.54, 1.807) is 19.3 Å². The Morgan fingerprint density at radius 1 is 1.40 bits per heavy atom. The highest BCUT2D eigenvalue weighted by Crippen LogP contribution is 2.35. The Bertz CT molecular complexity index is 570. The molecule has 1 fully saturated rings. The lowest BCUT2D eigenvalue weighted by Gasteiger charge is -2.35. The maximum Gasteiger partial charge on any atom is 0.244 e. The molecule has 0 radical (unpaired) electrons. The number of sulfonamides is 1. The van der Waals surface area contributed by atoms with Crippen molar-refractivity contribution in [2.24, 2.45) is 5.41 Å². The standard InChI is InChI=1S/C14H23N3O2S/c1-14(2)7-4-5-11(9-14)17-20(18,19)13-10-16-8-6-12(13)15-3/h6,8,10-11,17H,4-5,7,9H2,1-3H3,(H,15,16). The lowest BCUT2D eigenvalue weighted by Crippen LogP contribution is -2.40. The lowest BCUT2D eigenvalue weighted by atomic mass is 9.75. The van der Waals surface area contributed by atoms with E-state index in [-0.39, 0.29) is 16.4 Å². The number of anilines is 1. The number of nitrogens with zero attached hydrogens (tertiary/aromatic N) is 1. The van der Waals surface area contributed by atoms with Crippen LogP contribution in [0.15, 0.2) is 23.4 Å². The third kappa shape index (κ3) is 3.49.